The van der Waals surface area contributed by atoms with Crippen molar-refractivity contribution in [2.75, 3.05) is 6.61 Å². The van der Waals surface area contributed by atoms with Gasteiger partial charge in [-0.2, -0.15) is 0 Å². The molecule has 2 heteroatoms. The number of allylic oxidation sites excluding steroid dienone is 5. The first kappa shape index (κ1) is 12.0. The molecule has 0 aromatic rings. The standard InChI is InChI=1S/C13H18O2/c1-3-5-7-8-11-10-15-12(13(11)14)9-6-4-2/h3-9,11-14H,2,10H2,1H3. The van der Waals surface area contributed by atoms with Gasteiger partial charge in [0.15, 0.2) is 0 Å². The largest absolute Gasteiger partial charge is 0.389 e. The predicted octanol–water partition coefficient (Wildman–Crippen LogP) is 2.24. The van der Waals surface area contributed by atoms with E-state index in [0.29, 0.717) is 6.61 Å². The minimum Gasteiger partial charge on any atom is -0.389 e. The Labute approximate surface area is 91.3 Å². The van der Waals surface area contributed by atoms with Gasteiger partial charge >= 0.3 is 0 Å². The van der Waals surface area contributed by atoms with Gasteiger partial charge in [-0.25, -0.2) is 0 Å². The van der Waals surface area contributed by atoms with Crippen LogP contribution < -0.4 is 0 Å². The maximum atomic E-state index is 9.89. The molecule has 0 aromatic carbocycles. The van der Waals surface area contributed by atoms with E-state index in [1.807, 2.05) is 37.3 Å². The first-order valence-electron chi connectivity index (χ1n) is 5.18. The Bertz CT molecular complexity index is 276. The van der Waals surface area contributed by atoms with Crippen molar-refractivity contribution in [3.05, 3.63) is 49.1 Å². The van der Waals surface area contributed by atoms with Crippen LogP contribution >= 0.6 is 0 Å². The minimum atomic E-state index is -0.456. The maximum absolute atomic E-state index is 9.89. The number of aliphatic hydroxyl groups excluding tert-OH is 1. The maximum Gasteiger partial charge on any atom is 0.102 e. The quantitative estimate of drug-likeness (QED) is 0.715. The summed E-state index contributed by atoms with van der Waals surface area (Å²) in [5, 5.41) is 9.89. The van der Waals surface area contributed by atoms with Crippen LogP contribution in [-0.2, 0) is 4.74 Å². The second-order valence-electron chi connectivity index (χ2n) is 3.48. The van der Waals surface area contributed by atoms with Crippen LogP contribution in [0.3, 0.4) is 0 Å². The smallest absolute Gasteiger partial charge is 0.102 e. The lowest BCUT2D eigenvalue weighted by Crippen LogP contribution is -2.23. The Balaban J connectivity index is 2.51. The van der Waals surface area contributed by atoms with Crippen LogP contribution in [-0.4, -0.2) is 23.9 Å². The lowest BCUT2D eigenvalue weighted by atomic mass is 10.0. The summed E-state index contributed by atoms with van der Waals surface area (Å²) in [4.78, 5) is 0. The lowest BCUT2D eigenvalue weighted by molar-refractivity contribution is 0.0724. The molecule has 0 amide bonds. The van der Waals surface area contributed by atoms with Gasteiger partial charge < -0.3 is 9.84 Å². The molecule has 0 spiro atoms. The number of rotatable bonds is 4. The number of ether oxygens (including phenoxy) is 1. The first-order chi connectivity index (χ1) is 7.29. The van der Waals surface area contributed by atoms with E-state index in [-0.39, 0.29) is 12.0 Å². The summed E-state index contributed by atoms with van der Waals surface area (Å²) >= 11 is 0. The zero-order valence-corrected chi connectivity index (χ0v) is 9.04. The monoisotopic (exact) mass is 206 g/mol. The van der Waals surface area contributed by atoms with Crippen molar-refractivity contribution in [3.63, 3.8) is 0 Å². The summed E-state index contributed by atoms with van der Waals surface area (Å²) < 4.78 is 5.45. The van der Waals surface area contributed by atoms with Crippen LogP contribution in [0.1, 0.15) is 6.92 Å². The summed E-state index contributed by atoms with van der Waals surface area (Å²) in [7, 11) is 0. The first-order valence-corrected chi connectivity index (χ1v) is 5.18. The lowest BCUT2D eigenvalue weighted by Gasteiger charge is -2.11. The van der Waals surface area contributed by atoms with E-state index in [1.165, 1.54) is 0 Å². The van der Waals surface area contributed by atoms with Gasteiger partial charge in [0, 0.05) is 5.92 Å². The van der Waals surface area contributed by atoms with Gasteiger partial charge in [0.1, 0.15) is 6.10 Å². The Morgan fingerprint density at radius 1 is 1.27 bits per heavy atom. The average Bonchev–Trinajstić information content (AvgIpc) is 2.58. The molecule has 0 aromatic heterocycles. The van der Waals surface area contributed by atoms with E-state index in [4.69, 9.17) is 4.74 Å². The molecule has 1 heterocycles. The van der Waals surface area contributed by atoms with Gasteiger partial charge in [-0.05, 0) is 6.92 Å². The fraction of sp³-hybridized carbons (Fsp3) is 0.385. The van der Waals surface area contributed by atoms with Gasteiger partial charge in [-0.3, -0.25) is 0 Å². The SMILES string of the molecule is C=CC=CC1OCC(C=CC=CC)C1O. The van der Waals surface area contributed by atoms with Gasteiger partial charge in [-0.15, -0.1) is 0 Å². The number of hydrogen-bond acceptors (Lipinski definition) is 2. The summed E-state index contributed by atoms with van der Waals surface area (Å²) in [6, 6.07) is 0. The zero-order valence-electron chi connectivity index (χ0n) is 9.04. The van der Waals surface area contributed by atoms with Crippen LogP contribution in [0.4, 0.5) is 0 Å². The van der Waals surface area contributed by atoms with Crippen LogP contribution in [0.15, 0.2) is 49.1 Å². The van der Waals surface area contributed by atoms with E-state index < -0.39 is 6.10 Å². The van der Waals surface area contributed by atoms with Crippen LogP contribution in [0.2, 0.25) is 0 Å². The Kier molecular flexibility index (Phi) is 5.08. The van der Waals surface area contributed by atoms with Crippen molar-refractivity contribution in [1.82, 2.24) is 0 Å². The molecule has 1 fully saturated rings. The van der Waals surface area contributed by atoms with Gasteiger partial charge in [0.05, 0.1) is 12.7 Å². The van der Waals surface area contributed by atoms with Crippen molar-refractivity contribution in [2.24, 2.45) is 5.92 Å². The Morgan fingerprint density at radius 2 is 2.07 bits per heavy atom. The molecule has 1 saturated heterocycles. The molecule has 1 N–H and O–H groups in total. The summed E-state index contributed by atoms with van der Waals surface area (Å²) in [6.45, 7) is 6.11. The molecule has 1 aliphatic heterocycles. The van der Waals surface area contributed by atoms with Crippen molar-refractivity contribution < 1.29 is 9.84 Å². The van der Waals surface area contributed by atoms with Gasteiger partial charge in [-0.1, -0.05) is 49.1 Å². The van der Waals surface area contributed by atoms with Crippen LogP contribution in [0.25, 0.3) is 0 Å². The molecule has 82 valence electrons. The summed E-state index contributed by atoms with van der Waals surface area (Å²) in [6.07, 6.45) is 12.5. The average molecular weight is 206 g/mol. The van der Waals surface area contributed by atoms with Crippen molar-refractivity contribution in [3.8, 4) is 0 Å². The van der Waals surface area contributed by atoms with E-state index in [1.54, 1.807) is 12.2 Å². The number of hydrogen-bond donors (Lipinski definition) is 1. The predicted molar refractivity (Wildman–Crippen MR) is 62.5 cm³/mol. The van der Waals surface area contributed by atoms with E-state index in [9.17, 15) is 5.11 Å². The second-order valence-corrected chi connectivity index (χ2v) is 3.48. The highest BCUT2D eigenvalue weighted by Gasteiger charge is 2.32. The number of aliphatic hydroxyl groups is 1. The second kappa shape index (κ2) is 6.38. The highest BCUT2D eigenvalue weighted by atomic mass is 16.5. The Hall–Kier alpha value is -1.12. The molecule has 3 atom stereocenters. The fourth-order valence-electron chi connectivity index (χ4n) is 1.51. The van der Waals surface area contributed by atoms with Crippen LogP contribution in [0.5, 0.6) is 0 Å². The molecule has 0 radical (unpaired) electrons. The molecule has 1 aliphatic rings. The highest BCUT2D eigenvalue weighted by Crippen LogP contribution is 2.22. The molecule has 3 unspecified atom stereocenters. The minimum absolute atomic E-state index is 0.0839. The van der Waals surface area contributed by atoms with E-state index >= 15 is 0 Å². The van der Waals surface area contributed by atoms with E-state index in [2.05, 4.69) is 6.58 Å². The topological polar surface area (TPSA) is 29.5 Å². The molecule has 15 heavy (non-hydrogen) atoms. The molecular formula is C13H18O2. The highest BCUT2D eigenvalue weighted by molar-refractivity contribution is 5.11. The van der Waals surface area contributed by atoms with Gasteiger partial charge in [0.25, 0.3) is 0 Å². The fourth-order valence-corrected chi connectivity index (χ4v) is 1.51. The third-order valence-electron chi connectivity index (χ3n) is 2.36. The summed E-state index contributed by atoms with van der Waals surface area (Å²) in [5.41, 5.74) is 0. The van der Waals surface area contributed by atoms with Crippen molar-refractivity contribution in [1.29, 1.82) is 0 Å². The molecule has 0 bridgehead atoms. The molecule has 2 nitrogen and oxygen atoms in total. The van der Waals surface area contributed by atoms with E-state index in [0.717, 1.165) is 0 Å². The molecular weight excluding hydrogens is 188 g/mol. The summed E-state index contributed by atoms with van der Waals surface area (Å²) in [5.74, 6) is 0.0839. The van der Waals surface area contributed by atoms with Gasteiger partial charge in [0.2, 0.25) is 0 Å². The molecule has 0 aliphatic carbocycles. The van der Waals surface area contributed by atoms with Crippen molar-refractivity contribution >= 4 is 0 Å². The van der Waals surface area contributed by atoms with Crippen LogP contribution in [0, 0.1) is 5.92 Å². The zero-order chi connectivity index (χ0) is 11.1. The van der Waals surface area contributed by atoms with Crippen molar-refractivity contribution in [2.45, 2.75) is 19.1 Å². The normalized spacial score (nSPS) is 32.3. The third-order valence-corrected chi connectivity index (χ3v) is 2.36. The Morgan fingerprint density at radius 3 is 2.73 bits per heavy atom. The third kappa shape index (κ3) is 3.50. The molecule has 0 saturated carbocycles. The molecule has 1 rings (SSSR count).